The van der Waals surface area contributed by atoms with Gasteiger partial charge in [0.25, 0.3) is 0 Å². The van der Waals surface area contributed by atoms with E-state index >= 15 is 0 Å². The van der Waals surface area contributed by atoms with Gasteiger partial charge in [0.1, 0.15) is 0 Å². The molecule has 0 aliphatic rings. The lowest BCUT2D eigenvalue weighted by molar-refractivity contribution is 0.161. The van der Waals surface area contributed by atoms with Crippen LogP contribution >= 0.6 is 11.6 Å². The van der Waals surface area contributed by atoms with Crippen LogP contribution in [0.15, 0.2) is 24.3 Å². The molecule has 1 aromatic carbocycles. The Morgan fingerprint density at radius 2 is 1.94 bits per heavy atom. The second kappa shape index (κ2) is 8.54. The van der Waals surface area contributed by atoms with Crippen molar-refractivity contribution in [2.75, 3.05) is 0 Å². The van der Waals surface area contributed by atoms with Gasteiger partial charge in [0.2, 0.25) is 0 Å². The summed E-state index contributed by atoms with van der Waals surface area (Å²) in [4.78, 5) is 0. The van der Waals surface area contributed by atoms with E-state index in [9.17, 15) is 5.11 Å². The van der Waals surface area contributed by atoms with Crippen molar-refractivity contribution in [3.05, 3.63) is 34.9 Å². The summed E-state index contributed by atoms with van der Waals surface area (Å²) in [5.41, 5.74) is 1.12. The second-order valence-electron chi connectivity index (χ2n) is 4.69. The van der Waals surface area contributed by atoms with Crippen LogP contribution in [0.25, 0.3) is 0 Å². The van der Waals surface area contributed by atoms with Crippen molar-refractivity contribution in [1.29, 1.82) is 0 Å². The van der Waals surface area contributed by atoms with Crippen LogP contribution in [0.1, 0.15) is 51.0 Å². The zero-order valence-electron chi connectivity index (χ0n) is 10.7. The maximum Gasteiger partial charge on any atom is 0.0580 e. The van der Waals surface area contributed by atoms with E-state index in [0.29, 0.717) is 6.42 Å². The monoisotopic (exact) mass is 254 g/mol. The SMILES string of the molecule is CCCCCCCC(O)Cc1cccc(Cl)c1. The summed E-state index contributed by atoms with van der Waals surface area (Å²) in [6.07, 6.45) is 7.62. The van der Waals surface area contributed by atoms with Gasteiger partial charge in [-0.15, -0.1) is 0 Å². The lowest BCUT2D eigenvalue weighted by Gasteiger charge is -2.10. The Morgan fingerprint density at radius 1 is 1.18 bits per heavy atom. The van der Waals surface area contributed by atoms with Crippen LogP contribution in [0, 0.1) is 0 Å². The Hall–Kier alpha value is -0.530. The highest BCUT2D eigenvalue weighted by Gasteiger charge is 2.05. The smallest absolute Gasteiger partial charge is 0.0580 e. The molecule has 0 aromatic heterocycles. The summed E-state index contributed by atoms with van der Waals surface area (Å²) in [6.45, 7) is 2.22. The van der Waals surface area contributed by atoms with E-state index in [1.54, 1.807) is 0 Å². The van der Waals surface area contributed by atoms with Gasteiger partial charge in [-0.2, -0.15) is 0 Å². The highest BCUT2D eigenvalue weighted by atomic mass is 35.5. The van der Waals surface area contributed by atoms with E-state index in [-0.39, 0.29) is 6.10 Å². The van der Waals surface area contributed by atoms with Crippen molar-refractivity contribution in [2.24, 2.45) is 0 Å². The Labute approximate surface area is 110 Å². The van der Waals surface area contributed by atoms with E-state index < -0.39 is 0 Å². The highest BCUT2D eigenvalue weighted by molar-refractivity contribution is 6.30. The van der Waals surface area contributed by atoms with Gasteiger partial charge in [-0.25, -0.2) is 0 Å². The fourth-order valence-corrected chi connectivity index (χ4v) is 2.23. The number of aliphatic hydroxyl groups excluding tert-OH is 1. The number of rotatable bonds is 8. The van der Waals surface area contributed by atoms with Crippen LogP contribution in [0.3, 0.4) is 0 Å². The average Bonchev–Trinajstić information content (AvgIpc) is 2.29. The minimum Gasteiger partial charge on any atom is -0.393 e. The predicted octanol–water partition coefficient (Wildman–Crippen LogP) is 4.60. The van der Waals surface area contributed by atoms with Gasteiger partial charge >= 0.3 is 0 Å². The first-order valence-electron chi connectivity index (χ1n) is 6.65. The topological polar surface area (TPSA) is 20.2 Å². The Bertz CT molecular complexity index is 312. The molecule has 1 N–H and O–H groups in total. The summed E-state index contributed by atoms with van der Waals surface area (Å²) in [6, 6.07) is 7.75. The van der Waals surface area contributed by atoms with Crippen LogP contribution in [0.5, 0.6) is 0 Å². The van der Waals surface area contributed by atoms with Crippen LogP contribution in [-0.2, 0) is 6.42 Å². The van der Waals surface area contributed by atoms with Crippen LogP contribution in [-0.4, -0.2) is 11.2 Å². The van der Waals surface area contributed by atoms with Gasteiger partial charge in [-0.3, -0.25) is 0 Å². The number of benzene rings is 1. The van der Waals surface area contributed by atoms with E-state index in [2.05, 4.69) is 6.92 Å². The third-order valence-corrected chi connectivity index (χ3v) is 3.24. The third-order valence-electron chi connectivity index (χ3n) is 3.00. The summed E-state index contributed by atoms with van der Waals surface area (Å²) >= 11 is 5.91. The second-order valence-corrected chi connectivity index (χ2v) is 5.13. The third kappa shape index (κ3) is 6.70. The quantitative estimate of drug-likeness (QED) is 0.672. The lowest BCUT2D eigenvalue weighted by atomic mass is 10.0. The van der Waals surface area contributed by atoms with Crippen LogP contribution in [0.2, 0.25) is 5.02 Å². The molecule has 0 fully saturated rings. The number of unbranched alkanes of at least 4 members (excludes halogenated alkanes) is 4. The van der Waals surface area contributed by atoms with Crippen LogP contribution in [0.4, 0.5) is 0 Å². The molecule has 0 heterocycles. The predicted molar refractivity (Wildman–Crippen MR) is 74.5 cm³/mol. The fraction of sp³-hybridized carbons (Fsp3) is 0.600. The summed E-state index contributed by atoms with van der Waals surface area (Å²) < 4.78 is 0. The number of halogens is 1. The zero-order chi connectivity index (χ0) is 12.5. The number of hydrogen-bond donors (Lipinski definition) is 1. The van der Waals surface area contributed by atoms with E-state index in [1.807, 2.05) is 24.3 Å². The molecule has 0 amide bonds. The molecule has 0 aliphatic heterocycles. The summed E-state index contributed by atoms with van der Waals surface area (Å²) in [5.74, 6) is 0. The molecule has 1 atom stereocenters. The van der Waals surface area contributed by atoms with Crippen molar-refractivity contribution in [3.63, 3.8) is 0 Å². The summed E-state index contributed by atoms with van der Waals surface area (Å²) in [5, 5.41) is 10.7. The van der Waals surface area contributed by atoms with Crippen molar-refractivity contribution >= 4 is 11.6 Å². The minimum absolute atomic E-state index is 0.227. The largest absolute Gasteiger partial charge is 0.393 e. The van der Waals surface area contributed by atoms with Gasteiger partial charge in [-0.1, -0.05) is 62.8 Å². The molecule has 0 saturated carbocycles. The molecule has 1 aromatic rings. The number of hydrogen-bond acceptors (Lipinski definition) is 1. The molecule has 0 bridgehead atoms. The zero-order valence-corrected chi connectivity index (χ0v) is 11.4. The number of aliphatic hydroxyl groups is 1. The van der Waals surface area contributed by atoms with Gasteiger partial charge in [0.15, 0.2) is 0 Å². The molecule has 17 heavy (non-hydrogen) atoms. The highest BCUT2D eigenvalue weighted by Crippen LogP contribution is 2.15. The maximum absolute atomic E-state index is 9.91. The molecule has 1 rings (SSSR count). The van der Waals surface area contributed by atoms with E-state index in [0.717, 1.165) is 23.4 Å². The van der Waals surface area contributed by atoms with Crippen molar-refractivity contribution < 1.29 is 5.11 Å². The average molecular weight is 255 g/mol. The molecule has 96 valence electrons. The lowest BCUT2D eigenvalue weighted by Crippen LogP contribution is -2.10. The van der Waals surface area contributed by atoms with E-state index in [1.165, 1.54) is 25.7 Å². The van der Waals surface area contributed by atoms with Gasteiger partial charge in [-0.05, 0) is 30.5 Å². The fourth-order valence-electron chi connectivity index (χ4n) is 2.02. The Kier molecular flexibility index (Phi) is 7.30. The molecule has 0 spiro atoms. The Morgan fingerprint density at radius 3 is 2.65 bits per heavy atom. The van der Waals surface area contributed by atoms with Gasteiger partial charge in [0.05, 0.1) is 6.10 Å². The summed E-state index contributed by atoms with van der Waals surface area (Å²) in [7, 11) is 0. The van der Waals surface area contributed by atoms with Crippen molar-refractivity contribution in [3.8, 4) is 0 Å². The van der Waals surface area contributed by atoms with Gasteiger partial charge in [0, 0.05) is 5.02 Å². The standard InChI is InChI=1S/C15H23ClO/c1-2-3-4-5-6-10-15(17)12-13-8-7-9-14(16)11-13/h7-9,11,15,17H,2-6,10,12H2,1H3. The first kappa shape index (κ1) is 14.5. The molecule has 1 unspecified atom stereocenters. The molecular formula is C15H23ClO. The first-order chi connectivity index (χ1) is 8.22. The van der Waals surface area contributed by atoms with Crippen molar-refractivity contribution in [2.45, 2.75) is 58.0 Å². The first-order valence-corrected chi connectivity index (χ1v) is 7.02. The van der Waals surface area contributed by atoms with Gasteiger partial charge < -0.3 is 5.11 Å². The van der Waals surface area contributed by atoms with E-state index in [4.69, 9.17) is 11.6 Å². The molecule has 1 nitrogen and oxygen atoms in total. The molecular weight excluding hydrogens is 232 g/mol. The maximum atomic E-state index is 9.91. The van der Waals surface area contributed by atoms with Crippen molar-refractivity contribution in [1.82, 2.24) is 0 Å². The molecule has 0 aliphatic carbocycles. The molecule has 0 radical (unpaired) electrons. The minimum atomic E-state index is -0.227. The normalized spacial score (nSPS) is 12.6. The molecule has 0 saturated heterocycles. The van der Waals surface area contributed by atoms with Crippen LogP contribution < -0.4 is 0 Å². The molecule has 2 heteroatoms. The Balaban J connectivity index is 2.18.